The second kappa shape index (κ2) is 7.39. The molecule has 0 spiro atoms. The Balaban J connectivity index is 1.29. The Labute approximate surface area is 169 Å². The zero-order valence-corrected chi connectivity index (χ0v) is 16.1. The van der Waals surface area contributed by atoms with Crippen LogP contribution in [-0.2, 0) is 11.2 Å². The Morgan fingerprint density at radius 3 is 2.69 bits per heavy atom. The third kappa shape index (κ3) is 3.52. The second-order valence-electron chi connectivity index (χ2n) is 7.95. The first-order valence-electron chi connectivity index (χ1n) is 10.0. The van der Waals surface area contributed by atoms with Gasteiger partial charge in [0.25, 0.3) is 5.91 Å². The highest BCUT2D eigenvalue weighted by Crippen LogP contribution is 2.33. The molecule has 2 bridgehead atoms. The van der Waals surface area contributed by atoms with Crippen LogP contribution < -0.4 is 9.47 Å². The van der Waals surface area contributed by atoms with Gasteiger partial charge in [0.1, 0.15) is 0 Å². The highest BCUT2D eigenvalue weighted by atomic mass is 16.7. The van der Waals surface area contributed by atoms with Crippen LogP contribution in [0.1, 0.15) is 28.8 Å². The molecule has 0 radical (unpaired) electrons. The largest absolute Gasteiger partial charge is 0.454 e. The number of hydrogen-bond acceptors (Lipinski definition) is 5. The predicted molar refractivity (Wildman–Crippen MR) is 105 cm³/mol. The normalized spacial score (nSPS) is 22.5. The van der Waals surface area contributed by atoms with Crippen LogP contribution in [0.15, 0.2) is 42.7 Å². The summed E-state index contributed by atoms with van der Waals surface area (Å²) in [5.74, 6) is 1.87. The SMILES string of the molecule is O=C(c1ccncc1)N1C[C@H]2CC[C@@H](C1)N(C(=O)Cc1ccc3c(c1)OCO3)C2. The number of benzene rings is 1. The number of aromatic nitrogens is 1. The number of nitrogens with zero attached hydrogens (tertiary/aromatic N) is 3. The van der Waals surface area contributed by atoms with E-state index in [2.05, 4.69) is 4.98 Å². The lowest BCUT2D eigenvalue weighted by atomic mass is 9.94. The highest BCUT2D eigenvalue weighted by Gasteiger charge is 2.38. The number of hydrogen-bond donors (Lipinski definition) is 0. The summed E-state index contributed by atoms with van der Waals surface area (Å²) in [6, 6.07) is 9.22. The molecule has 29 heavy (non-hydrogen) atoms. The molecule has 2 aromatic rings. The number of amides is 2. The summed E-state index contributed by atoms with van der Waals surface area (Å²) in [7, 11) is 0. The lowest BCUT2D eigenvalue weighted by molar-refractivity contribution is -0.134. The molecular formula is C22H23N3O4. The van der Waals surface area contributed by atoms with Crippen LogP contribution in [0.4, 0.5) is 0 Å². The summed E-state index contributed by atoms with van der Waals surface area (Å²) in [6.45, 7) is 2.23. The monoisotopic (exact) mass is 393 g/mol. The molecule has 5 heterocycles. The number of ether oxygens (including phenoxy) is 2. The van der Waals surface area contributed by atoms with Gasteiger partial charge in [-0.3, -0.25) is 14.6 Å². The maximum Gasteiger partial charge on any atom is 0.254 e. The van der Waals surface area contributed by atoms with Crippen molar-refractivity contribution >= 4 is 11.8 Å². The number of rotatable bonds is 3. The first kappa shape index (κ1) is 18.0. The maximum absolute atomic E-state index is 13.1. The Morgan fingerprint density at radius 2 is 1.83 bits per heavy atom. The van der Waals surface area contributed by atoms with Gasteiger partial charge >= 0.3 is 0 Å². The highest BCUT2D eigenvalue weighted by molar-refractivity contribution is 5.94. The Morgan fingerprint density at radius 1 is 1.00 bits per heavy atom. The average Bonchev–Trinajstić information content (AvgIpc) is 3.02. The van der Waals surface area contributed by atoms with Gasteiger partial charge in [0, 0.05) is 43.6 Å². The molecule has 4 aliphatic rings. The third-order valence-electron chi connectivity index (χ3n) is 6.04. The van der Waals surface area contributed by atoms with Gasteiger partial charge in [0.15, 0.2) is 11.5 Å². The Hall–Kier alpha value is -3.09. The van der Waals surface area contributed by atoms with Gasteiger partial charge in [0.2, 0.25) is 12.7 Å². The number of fused-ring (bicyclic) bond motifs is 5. The molecule has 4 aliphatic heterocycles. The van der Waals surface area contributed by atoms with Crippen LogP contribution in [0.3, 0.4) is 0 Å². The molecule has 0 saturated carbocycles. The van der Waals surface area contributed by atoms with E-state index in [1.807, 2.05) is 28.0 Å². The Kier molecular flexibility index (Phi) is 4.58. The molecule has 3 fully saturated rings. The molecule has 3 saturated heterocycles. The van der Waals surface area contributed by atoms with Gasteiger partial charge in [-0.2, -0.15) is 0 Å². The van der Waals surface area contributed by atoms with Crippen LogP contribution in [0.5, 0.6) is 11.5 Å². The summed E-state index contributed by atoms with van der Waals surface area (Å²) in [6.07, 6.45) is 5.61. The van der Waals surface area contributed by atoms with Gasteiger partial charge in [-0.1, -0.05) is 6.07 Å². The summed E-state index contributed by atoms with van der Waals surface area (Å²) in [4.78, 5) is 33.9. The average molecular weight is 393 g/mol. The third-order valence-corrected chi connectivity index (χ3v) is 6.04. The molecule has 0 aliphatic carbocycles. The lowest BCUT2D eigenvalue weighted by Gasteiger charge is -2.36. The molecule has 7 heteroatoms. The van der Waals surface area contributed by atoms with Crippen molar-refractivity contribution in [1.29, 1.82) is 0 Å². The van der Waals surface area contributed by atoms with E-state index in [0.717, 1.165) is 24.2 Å². The molecule has 6 rings (SSSR count). The maximum atomic E-state index is 13.1. The number of carbonyl (C=O) groups is 2. The zero-order chi connectivity index (χ0) is 19.8. The number of carbonyl (C=O) groups excluding carboxylic acids is 2. The molecule has 1 aromatic heterocycles. The molecule has 0 unspecified atom stereocenters. The standard InChI is InChI=1S/C22H23N3O4/c26-21(10-15-2-4-19-20(9-15)29-14-28-19)25-12-16-1-3-18(25)13-24(11-16)22(27)17-5-7-23-8-6-17/h2,4-9,16,18H,1,3,10-14H2/t16-,18+/m1/s1. The van der Waals surface area contributed by atoms with Crippen molar-refractivity contribution in [3.05, 3.63) is 53.9 Å². The van der Waals surface area contributed by atoms with E-state index in [-0.39, 0.29) is 24.6 Å². The molecule has 150 valence electrons. The fraction of sp³-hybridized carbons (Fsp3) is 0.409. The lowest BCUT2D eigenvalue weighted by Crippen LogP contribution is -2.48. The van der Waals surface area contributed by atoms with Crippen molar-refractivity contribution in [2.45, 2.75) is 25.3 Å². The van der Waals surface area contributed by atoms with E-state index in [1.165, 1.54) is 0 Å². The molecule has 2 atom stereocenters. The first-order valence-corrected chi connectivity index (χ1v) is 10.0. The van der Waals surface area contributed by atoms with Crippen molar-refractivity contribution in [3.63, 3.8) is 0 Å². The van der Waals surface area contributed by atoms with Gasteiger partial charge in [-0.15, -0.1) is 0 Å². The van der Waals surface area contributed by atoms with Crippen molar-refractivity contribution < 1.29 is 19.1 Å². The van der Waals surface area contributed by atoms with Crippen molar-refractivity contribution in [3.8, 4) is 11.5 Å². The van der Waals surface area contributed by atoms with Crippen molar-refractivity contribution in [2.75, 3.05) is 26.4 Å². The van der Waals surface area contributed by atoms with E-state index in [9.17, 15) is 9.59 Å². The van der Waals surface area contributed by atoms with Gasteiger partial charge in [0.05, 0.1) is 6.42 Å². The van der Waals surface area contributed by atoms with Crippen molar-refractivity contribution in [1.82, 2.24) is 14.8 Å². The van der Waals surface area contributed by atoms with Gasteiger partial charge < -0.3 is 19.3 Å². The van der Waals surface area contributed by atoms with Crippen LogP contribution in [0.2, 0.25) is 0 Å². The van der Waals surface area contributed by atoms with Gasteiger partial charge in [-0.05, 0) is 48.6 Å². The second-order valence-corrected chi connectivity index (χ2v) is 7.95. The van der Waals surface area contributed by atoms with E-state index in [1.54, 1.807) is 24.5 Å². The fourth-order valence-corrected chi connectivity index (χ4v) is 4.56. The van der Waals surface area contributed by atoms with E-state index >= 15 is 0 Å². The van der Waals surface area contributed by atoms with Gasteiger partial charge in [-0.25, -0.2) is 0 Å². The number of pyridine rings is 1. The summed E-state index contributed by atoms with van der Waals surface area (Å²) >= 11 is 0. The summed E-state index contributed by atoms with van der Waals surface area (Å²) in [5, 5.41) is 0. The predicted octanol–water partition coefficient (Wildman–Crippen LogP) is 2.12. The first-order chi connectivity index (χ1) is 14.2. The van der Waals surface area contributed by atoms with E-state index < -0.39 is 0 Å². The van der Waals surface area contributed by atoms with Crippen LogP contribution in [0.25, 0.3) is 0 Å². The quantitative estimate of drug-likeness (QED) is 0.799. The zero-order valence-electron chi connectivity index (χ0n) is 16.1. The minimum absolute atomic E-state index is 0.0226. The smallest absolute Gasteiger partial charge is 0.254 e. The fourth-order valence-electron chi connectivity index (χ4n) is 4.56. The number of piperidine rings is 1. The molecular weight excluding hydrogens is 370 g/mol. The topological polar surface area (TPSA) is 72.0 Å². The molecule has 1 aromatic carbocycles. The minimum Gasteiger partial charge on any atom is -0.454 e. The molecule has 2 amide bonds. The minimum atomic E-state index is 0.0226. The molecule has 7 nitrogen and oxygen atoms in total. The van der Waals surface area contributed by atoms with Crippen molar-refractivity contribution in [2.24, 2.45) is 5.92 Å². The van der Waals surface area contributed by atoms with Crippen LogP contribution >= 0.6 is 0 Å². The Bertz CT molecular complexity index is 933. The molecule has 0 N–H and O–H groups in total. The van der Waals surface area contributed by atoms with E-state index in [0.29, 0.717) is 43.3 Å². The summed E-state index contributed by atoms with van der Waals surface area (Å²) in [5.41, 5.74) is 1.57. The summed E-state index contributed by atoms with van der Waals surface area (Å²) < 4.78 is 10.8. The van der Waals surface area contributed by atoms with Crippen LogP contribution in [0, 0.1) is 5.92 Å². The van der Waals surface area contributed by atoms with Crippen LogP contribution in [-0.4, -0.2) is 59.1 Å². The van der Waals surface area contributed by atoms with E-state index in [4.69, 9.17) is 9.47 Å².